The third-order valence-electron chi connectivity index (χ3n) is 2.55. The second kappa shape index (κ2) is 4.37. The van der Waals surface area contributed by atoms with Crippen LogP contribution >= 0.6 is 15.9 Å². The summed E-state index contributed by atoms with van der Waals surface area (Å²) in [5.41, 5.74) is 2.40. The van der Waals surface area contributed by atoms with Gasteiger partial charge in [0.1, 0.15) is 5.82 Å². The Hall–Kier alpha value is -1.16. The molecule has 84 valence electrons. The van der Waals surface area contributed by atoms with Gasteiger partial charge in [0.25, 0.3) is 0 Å². The van der Waals surface area contributed by atoms with Gasteiger partial charge in [0.2, 0.25) is 0 Å². The van der Waals surface area contributed by atoms with E-state index < -0.39 is 0 Å². The summed E-state index contributed by atoms with van der Waals surface area (Å²) < 4.78 is 14.6. The molecule has 0 saturated carbocycles. The summed E-state index contributed by atoms with van der Waals surface area (Å²) in [7, 11) is 1.79. The first kappa shape index (κ1) is 11.3. The lowest BCUT2D eigenvalue weighted by atomic mass is 10.1. The molecule has 0 bridgehead atoms. The van der Waals surface area contributed by atoms with Crippen LogP contribution in [0.2, 0.25) is 0 Å². The maximum atomic E-state index is 13.7. The quantitative estimate of drug-likeness (QED) is 0.908. The van der Waals surface area contributed by atoms with Crippen molar-refractivity contribution in [2.75, 3.05) is 12.4 Å². The van der Waals surface area contributed by atoms with Crippen molar-refractivity contribution in [3.8, 4) is 0 Å². The molecule has 1 N–H and O–H groups in total. The number of rotatable bonds is 2. The fourth-order valence-corrected chi connectivity index (χ4v) is 2.12. The molecule has 1 aromatic carbocycles. The van der Waals surface area contributed by atoms with Crippen LogP contribution in [0.3, 0.4) is 0 Å². The zero-order valence-corrected chi connectivity index (χ0v) is 10.7. The Kier molecular flexibility index (Phi) is 3.10. The average Bonchev–Trinajstić information content (AvgIpc) is 2.32. The first-order valence-electron chi connectivity index (χ1n) is 5.12. The van der Waals surface area contributed by atoms with Crippen molar-refractivity contribution in [2.24, 2.45) is 0 Å². The lowest BCUT2D eigenvalue weighted by molar-refractivity contribution is 0.639. The van der Waals surface area contributed by atoms with E-state index in [0.717, 1.165) is 22.3 Å². The number of hydrogen-bond donors (Lipinski definition) is 1. The molecule has 0 aliphatic rings. The van der Waals surface area contributed by atoms with Gasteiger partial charge in [-0.2, -0.15) is 0 Å². The predicted octanol–water partition coefficient (Wildman–Crippen LogP) is 3.74. The highest BCUT2D eigenvalue weighted by molar-refractivity contribution is 9.10. The monoisotopic (exact) mass is 282 g/mol. The van der Waals surface area contributed by atoms with Gasteiger partial charge in [-0.25, -0.2) is 4.39 Å². The highest BCUT2D eigenvalue weighted by Gasteiger charge is 2.11. The summed E-state index contributed by atoms with van der Waals surface area (Å²) in [4.78, 5) is 4.44. The van der Waals surface area contributed by atoms with Crippen molar-refractivity contribution in [3.63, 3.8) is 0 Å². The van der Waals surface area contributed by atoms with Crippen LogP contribution < -0.4 is 5.32 Å². The number of nitrogens with zero attached hydrogens (tertiary/aromatic N) is 1. The summed E-state index contributed by atoms with van der Waals surface area (Å²) in [6, 6.07) is 5.02. The third kappa shape index (κ3) is 1.78. The largest absolute Gasteiger partial charge is 0.387 e. The number of hydrogen-bond acceptors (Lipinski definition) is 2. The van der Waals surface area contributed by atoms with Crippen molar-refractivity contribution in [3.05, 3.63) is 34.2 Å². The molecular weight excluding hydrogens is 271 g/mol. The molecule has 0 saturated heterocycles. The molecule has 0 amide bonds. The first-order valence-corrected chi connectivity index (χ1v) is 5.92. The van der Waals surface area contributed by atoms with Gasteiger partial charge in [-0.3, -0.25) is 4.98 Å². The van der Waals surface area contributed by atoms with Crippen molar-refractivity contribution in [2.45, 2.75) is 13.3 Å². The number of nitrogens with one attached hydrogen (secondary N) is 1. The fourth-order valence-electron chi connectivity index (χ4n) is 1.70. The Balaban J connectivity index is 2.88. The van der Waals surface area contributed by atoms with E-state index in [0.29, 0.717) is 10.9 Å². The SMILES string of the molecule is CCc1cc(NC)c2c(F)ccc(Br)c2n1. The zero-order valence-electron chi connectivity index (χ0n) is 9.14. The highest BCUT2D eigenvalue weighted by atomic mass is 79.9. The zero-order chi connectivity index (χ0) is 11.7. The predicted molar refractivity (Wildman–Crippen MR) is 68.3 cm³/mol. The molecule has 0 fully saturated rings. The number of benzene rings is 1. The lowest BCUT2D eigenvalue weighted by Gasteiger charge is -2.10. The summed E-state index contributed by atoms with van der Waals surface area (Å²) >= 11 is 3.40. The lowest BCUT2D eigenvalue weighted by Crippen LogP contribution is -1.98. The van der Waals surface area contributed by atoms with Gasteiger partial charge in [-0.1, -0.05) is 6.92 Å². The van der Waals surface area contributed by atoms with E-state index >= 15 is 0 Å². The normalized spacial score (nSPS) is 10.8. The molecule has 2 rings (SSSR count). The Labute approximate surface area is 102 Å². The van der Waals surface area contributed by atoms with Gasteiger partial charge in [-0.05, 0) is 40.5 Å². The van der Waals surface area contributed by atoms with Gasteiger partial charge in [-0.15, -0.1) is 0 Å². The molecule has 0 unspecified atom stereocenters. The first-order chi connectivity index (χ1) is 7.67. The average molecular weight is 283 g/mol. The third-order valence-corrected chi connectivity index (χ3v) is 3.19. The standard InChI is InChI=1S/C12H12BrFN2/c1-3-7-6-10(15-2)11-9(14)5-4-8(13)12(11)16-7/h4-6H,3H2,1-2H3,(H,15,16). The minimum absolute atomic E-state index is 0.252. The van der Waals surface area contributed by atoms with E-state index in [-0.39, 0.29) is 5.82 Å². The number of anilines is 1. The van der Waals surface area contributed by atoms with Crippen LogP contribution in [0.1, 0.15) is 12.6 Å². The second-order valence-corrected chi connectivity index (χ2v) is 4.37. The van der Waals surface area contributed by atoms with E-state index in [9.17, 15) is 4.39 Å². The second-order valence-electron chi connectivity index (χ2n) is 3.52. The summed E-state index contributed by atoms with van der Waals surface area (Å²) in [5, 5.41) is 3.55. The van der Waals surface area contributed by atoms with Crippen molar-refractivity contribution in [1.29, 1.82) is 0 Å². The molecule has 1 aromatic heterocycles. The molecule has 0 spiro atoms. The smallest absolute Gasteiger partial charge is 0.134 e. The highest BCUT2D eigenvalue weighted by Crippen LogP contribution is 2.30. The van der Waals surface area contributed by atoms with Crippen LogP contribution in [0.4, 0.5) is 10.1 Å². The van der Waals surface area contributed by atoms with Crippen molar-refractivity contribution < 1.29 is 4.39 Å². The molecule has 16 heavy (non-hydrogen) atoms. The molecule has 0 aliphatic carbocycles. The Morgan fingerprint density at radius 3 is 2.81 bits per heavy atom. The topological polar surface area (TPSA) is 24.9 Å². The van der Waals surface area contributed by atoms with E-state index in [1.54, 1.807) is 13.1 Å². The van der Waals surface area contributed by atoms with Gasteiger partial charge < -0.3 is 5.32 Å². The maximum Gasteiger partial charge on any atom is 0.134 e. The number of fused-ring (bicyclic) bond motifs is 1. The fraction of sp³-hybridized carbons (Fsp3) is 0.250. The molecule has 2 aromatic rings. The van der Waals surface area contributed by atoms with Gasteiger partial charge in [0, 0.05) is 22.9 Å². The van der Waals surface area contributed by atoms with Gasteiger partial charge >= 0.3 is 0 Å². The van der Waals surface area contributed by atoms with E-state index in [1.165, 1.54) is 6.07 Å². The van der Waals surface area contributed by atoms with Crippen LogP contribution in [-0.4, -0.2) is 12.0 Å². The minimum atomic E-state index is -0.252. The molecule has 4 heteroatoms. The molecule has 2 nitrogen and oxygen atoms in total. The summed E-state index contributed by atoms with van der Waals surface area (Å²) in [6.45, 7) is 2.03. The Morgan fingerprint density at radius 2 is 2.19 bits per heavy atom. The van der Waals surface area contributed by atoms with Crippen LogP contribution in [0.5, 0.6) is 0 Å². The molecular formula is C12H12BrFN2. The van der Waals surface area contributed by atoms with E-state index in [2.05, 4.69) is 26.2 Å². The van der Waals surface area contributed by atoms with Crippen LogP contribution in [0.25, 0.3) is 10.9 Å². The number of pyridine rings is 1. The van der Waals surface area contributed by atoms with Crippen molar-refractivity contribution in [1.82, 2.24) is 4.98 Å². The molecule has 0 radical (unpaired) electrons. The summed E-state index contributed by atoms with van der Waals surface area (Å²) in [6.07, 6.45) is 0.827. The summed E-state index contributed by atoms with van der Waals surface area (Å²) in [5.74, 6) is -0.252. The number of halogens is 2. The molecule has 0 atom stereocenters. The van der Waals surface area contributed by atoms with E-state index in [4.69, 9.17) is 0 Å². The Morgan fingerprint density at radius 1 is 1.44 bits per heavy atom. The minimum Gasteiger partial charge on any atom is -0.387 e. The van der Waals surface area contributed by atoms with Crippen LogP contribution in [0, 0.1) is 5.82 Å². The maximum absolute atomic E-state index is 13.7. The number of aryl methyl sites for hydroxylation is 1. The molecule has 1 heterocycles. The molecule has 0 aliphatic heterocycles. The number of aromatic nitrogens is 1. The van der Waals surface area contributed by atoms with Crippen LogP contribution in [-0.2, 0) is 6.42 Å². The Bertz CT molecular complexity index is 540. The van der Waals surface area contributed by atoms with E-state index in [1.807, 2.05) is 13.0 Å². The van der Waals surface area contributed by atoms with Gasteiger partial charge in [0.15, 0.2) is 0 Å². The van der Waals surface area contributed by atoms with Crippen LogP contribution in [0.15, 0.2) is 22.7 Å². The van der Waals surface area contributed by atoms with Gasteiger partial charge in [0.05, 0.1) is 10.9 Å². The van der Waals surface area contributed by atoms with Crippen molar-refractivity contribution >= 4 is 32.5 Å².